The lowest BCUT2D eigenvalue weighted by Gasteiger charge is -2.10. The number of para-hydroxylation sites is 1. The zero-order chi connectivity index (χ0) is 13.0. The minimum Gasteiger partial charge on any atom is -0.493 e. The molecule has 2 rings (SSSR count). The number of aromatic carboxylic acids is 1. The summed E-state index contributed by atoms with van der Waals surface area (Å²) >= 11 is 0. The predicted octanol–water partition coefficient (Wildman–Crippen LogP) is 3.45. The van der Waals surface area contributed by atoms with Crippen LogP contribution < -0.4 is 4.74 Å². The Morgan fingerprint density at radius 1 is 1.11 bits per heavy atom. The summed E-state index contributed by atoms with van der Waals surface area (Å²) in [7, 11) is 0. The third-order valence-corrected chi connectivity index (χ3v) is 2.63. The van der Waals surface area contributed by atoms with Crippen LogP contribution in [0.15, 0.2) is 48.5 Å². The van der Waals surface area contributed by atoms with Gasteiger partial charge in [0.05, 0.1) is 12.2 Å². The number of ether oxygens (including phenoxy) is 1. The molecule has 0 radical (unpaired) electrons. The van der Waals surface area contributed by atoms with Crippen molar-refractivity contribution in [2.24, 2.45) is 0 Å². The van der Waals surface area contributed by atoms with Gasteiger partial charge in [-0.3, -0.25) is 0 Å². The van der Waals surface area contributed by atoms with E-state index in [2.05, 4.69) is 0 Å². The van der Waals surface area contributed by atoms with Crippen molar-refractivity contribution in [2.75, 3.05) is 6.61 Å². The van der Waals surface area contributed by atoms with E-state index in [1.807, 2.05) is 31.2 Å². The minimum absolute atomic E-state index is 0.285. The van der Waals surface area contributed by atoms with Crippen molar-refractivity contribution < 1.29 is 14.6 Å². The summed E-state index contributed by atoms with van der Waals surface area (Å²) in [5, 5.41) is 8.86. The smallest absolute Gasteiger partial charge is 0.335 e. The molecule has 0 amide bonds. The fourth-order valence-corrected chi connectivity index (χ4v) is 1.78. The maximum Gasteiger partial charge on any atom is 0.335 e. The lowest BCUT2D eigenvalue weighted by Crippen LogP contribution is -1.96. The molecule has 0 bridgehead atoms. The van der Waals surface area contributed by atoms with E-state index in [0.717, 1.165) is 16.9 Å². The normalized spacial score (nSPS) is 10.1. The highest BCUT2D eigenvalue weighted by Gasteiger charge is 2.07. The number of hydrogen-bond donors (Lipinski definition) is 1. The summed E-state index contributed by atoms with van der Waals surface area (Å²) in [6, 6.07) is 14.5. The van der Waals surface area contributed by atoms with Crippen LogP contribution in [0.5, 0.6) is 5.75 Å². The van der Waals surface area contributed by atoms with E-state index in [1.165, 1.54) is 0 Å². The monoisotopic (exact) mass is 242 g/mol. The fraction of sp³-hybridized carbons (Fsp3) is 0.133. The summed E-state index contributed by atoms with van der Waals surface area (Å²) in [5.41, 5.74) is 2.20. The first-order valence-corrected chi connectivity index (χ1v) is 5.78. The Hall–Kier alpha value is -2.29. The van der Waals surface area contributed by atoms with E-state index in [4.69, 9.17) is 9.84 Å². The minimum atomic E-state index is -0.917. The Labute approximate surface area is 106 Å². The average molecular weight is 242 g/mol. The predicted molar refractivity (Wildman–Crippen MR) is 70.0 cm³/mol. The molecule has 0 heterocycles. The summed E-state index contributed by atoms with van der Waals surface area (Å²) in [5.74, 6) is -0.109. The Bertz CT molecular complexity index is 544. The molecule has 92 valence electrons. The van der Waals surface area contributed by atoms with E-state index in [-0.39, 0.29) is 5.56 Å². The number of carboxylic acids is 1. The zero-order valence-corrected chi connectivity index (χ0v) is 10.1. The van der Waals surface area contributed by atoms with Gasteiger partial charge < -0.3 is 9.84 Å². The number of benzene rings is 2. The van der Waals surface area contributed by atoms with Gasteiger partial charge >= 0.3 is 5.97 Å². The quantitative estimate of drug-likeness (QED) is 0.893. The van der Waals surface area contributed by atoms with Gasteiger partial charge in [-0.05, 0) is 30.7 Å². The van der Waals surface area contributed by atoms with Crippen molar-refractivity contribution in [3.05, 3.63) is 54.1 Å². The van der Waals surface area contributed by atoms with Gasteiger partial charge in [-0.1, -0.05) is 30.3 Å². The molecular formula is C15H14O3. The van der Waals surface area contributed by atoms with Crippen molar-refractivity contribution in [3.8, 4) is 16.9 Å². The second-order valence-corrected chi connectivity index (χ2v) is 3.81. The molecule has 0 aliphatic carbocycles. The van der Waals surface area contributed by atoms with Gasteiger partial charge in [-0.2, -0.15) is 0 Å². The van der Waals surface area contributed by atoms with Gasteiger partial charge in [0.25, 0.3) is 0 Å². The highest BCUT2D eigenvalue weighted by atomic mass is 16.5. The van der Waals surface area contributed by atoms with Crippen molar-refractivity contribution in [2.45, 2.75) is 6.92 Å². The van der Waals surface area contributed by atoms with E-state index in [1.54, 1.807) is 24.3 Å². The SMILES string of the molecule is CCOc1ccccc1-c1ccc(C(=O)O)cc1. The number of hydrogen-bond acceptors (Lipinski definition) is 2. The molecule has 2 aromatic carbocycles. The summed E-state index contributed by atoms with van der Waals surface area (Å²) in [4.78, 5) is 10.8. The van der Waals surface area contributed by atoms with Gasteiger partial charge in [0.1, 0.15) is 5.75 Å². The molecule has 0 aliphatic heterocycles. The first-order valence-electron chi connectivity index (χ1n) is 5.78. The molecule has 0 saturated carbocycles. The van der Waals surface area contributed by atoms with Crippen molar-refractivity contribution in [1.29, 1.82) is 0 Å². The maximum atomic E-state index is 10.8. The molecule has 1 N–H and O–H groups in total. The van der Waals surface area contributed by atoms with Crippen LogP contribution in [-0.2, 0) is 0 Å². The number of rotatable bonds is 4. The Morgan fingerprint density at radius 3 is 2.39 bits per heavy atom. The largest absolute Gasteiger partial charge is 0.493 e. The van der Waals surface area contributed by atoms with Crippen LogP contribution in [0.1, 0.15) is 17.3 Å². The topological polar surface area (TPSA) is 46.5 Å². The van der Waals surface area contributed by atoms with Crippen LogP contribution in [0.4, 0.5) is 0 Å². The van der Waals surface area contributed by atoms with Gasteiger partial charge in [-0.25, -0.2) is 4.79 Å². The molecule has 0 atom stereocenters. The van der Waals surface area contributed by atoms with Crippen LogP contribution in [0.3, 0.4) is 0 Å². The molecule has 0 saturated heterocycles. The molecule has 3 heteroatoms. The molecule has 0 aliphatic rings. The molecule has 0 unspecified atom stereocenters. The van der Waals surface area contributed by atoms with Crippen LogP contribution in [0.2, 0.25) is 0 Å². The van der Waals surface area contributed by atoms with Gasteiger partial charge in [0.2, 0.25) is 0 Å². The highest BCUT2D eigenvalue weighted by molar-refractivity contribution is 5.88. The summed E-state index contributed by atoms with van der Waals surface area (Å²) < 4.78 is 5.55. The molecule has 0 fully saturated rings. The first kappa shape index (κ1) is 12.2. The molecule has 3 nitrogen and oxygen atoms in total. The lowest BCUT2D eigenvalue weighted by molar-refractivity contribution is 0.0697. The molecule has 18 heavy (non-hydrogen) atoms. The Balaban J connectivity index is 2.39. The third kappa shape index (κ3) is 2.51. The maximum absolute atomic E-state index is 10.8. The number of carboxylic acid groups (broad SMARTS) is 1. The van der Waals surface area contributed by atoms with Crippen LogP contribution >= 0.6 is 0 Å². The van der Waals surface area contributed by atoms with E-state index in [0.29, 0.717) is 6.61 Å². The fourth-order valence-electron chi connectivity index (χ4n) is 1.78. The van der Waals surface area contributed by atoms with Crippen molar-refractivity contribution in [3.63, 3.8) is 0 Å². The van der Waals surface area contributed by atoms with Crippen molar-refractivity contribution >= 4 is 5.97 Å². The lowest BCUT2D eigenvalue weighted by atomic mass is 10.0. The average Bonchev–Trinajstić information content (AvgIpc) is 2.40. The third-order valence-electron chi connectivity index (χ3n) is 2.63. The van der Waals surface area contributed by atoms with Crippen molar-refractivity contribution in [1.82, 2.24) is 0 Å². The Kier molecular flexibility index (Phi) is 3.63. The number of carbonyl (C=O) groups is 1. The standard InChI is InChI=1S/C15H14O3/c1-2-18-14-6-4-3-5-13(14)11-7-9-12(10-8-11)15(16)17/h3-10H,2H2,1H3,(H,16,17). The second kappa shape index (κ2) is 5.36. The van der Waals surface area contributed by atoms with E-state index in [9.17, 15) is 4.79 Å². The summed E-state index contributed by atoms with van der Waals surface area (Å²) in [6.07, 6.45) is 0. The van der Waals surface area contributed by atoms with Crippen LogP contribution in [0, 0.1) is 0 Å². The summed E-state index contributed by atoms with van der Waals surface area (Å²) in [6.45, 7) is 2.54. The molecule has 0 aromatic heterocycles. The zero-order valence-electron chi connectivity index (χ0n) is 10.1. The highest BCUT2D eigenvalue weighted by Crippen LogP contribution is 2.29. The van der Waals surface area contributed by atoms with E-state index < -0.39 is 5.97 Å². The second-order valence-electron chi connectivity index (χ2n) is 3.81. The van der Waals surface area contributed by atoms with Crippen LogP contribution in [-0.4, -0.2) is 17.7 Å². The molecular weight excluding hydrogens is 228 g/mol. The van der Waals surface area contributed by atoms with Gasteiger partial charge in [-0.15, -0.1) is 0 Å². The molecule has 2 aromatic rings. The van der Waals surface area contributed by atoms with Crippen LogP contribution in [0.25, 0.3) is 11.1 Å². The first-order chi connectivity index (χ1) is 8.72. The van der Waals surface area contributed by atoms with Gasteiger partial charge in [0, 0.05) is 5.56 Å². The van der Waals surface area contributed by atoms with Gasteiger partial charge in [0.15, 0.2) is 0 Å². The van der Waals surface area contributed by atoms with E-state index >= 15 is 0 Å². The Morgan fingerprint density at radius 2 is 1.78 bits per heavy atom. The molecule has 0 spiro atoms.